The third kappa shape index (κ3) is 4.95. The molecule has 0 bridgehead atoms. The lowest BCUT2D eigenvalue weighted by atomic mass is 10.1. The van der Waals surface area contributed by atoms with E-state index in [1.54, 1.807) is 11.3 Å². The Morgan fingerprint density at radius 2 is 1.96 bits per heavy atom. The van der Waals surface area contributed by atoms with Crippen molar-refractivity contribution in [2.24, 2.45) is 0 Å². The van der Waals surface area contributed by atoms with Crippen LogP contribution in [0.4, 0.5) is 5.69 Å². The monoisotopic (exact) mass is 384 g/mol. The number of hydrogen-bond donors (Lipinski definition) is 0. The van der Waals surface area contributed by atoms with Gasteiger partial charge in [-0.1, -0.05) is 23.4 Å². The third-order valence-electron chi connectivity index (χ3n) is 4.32. The summed E-state index contributed by atoms with van der Waals surface area (Å²) in [7, 11) is 4.02. The van der Waals surface area contributed by atoms with Crippen LogP contribution in [0.1, 0.15) is 24.8 Å². The van der Waals surface area contributed by atoms with Crippen LogP contribution in [0.3, 0.4) is 0 Å². The number of carbonyl (C=O) groups is 1. The van der Waals surface area contributed by atoms with E-state index < -0.39 is 0 Å². The first-order valence-electron chi connectivity index (χ1n) is 8.97. The van der Waals surface area contributed by atoms with Crippen LogP contribution in [0.5, 0.6) is 0 Å². The average Bonchev–Trinajstić information content (AvgIpc) is 3.36. The summed E-state index contributed by atoms with van der Waals surface area (Å²) >= 11 is 1.56. The third-order valence-corrected chi connectivity index (χ3v) is 5.19. The molecule has 0 saturated heterocycles. The van der Waals surface area contributed by atoms with Gasteiger partial charge in [0.25, 0.3) is 0 Å². The first kappa shape index (κ1) is 19.1. The van der Waals surface area contributed by atoms with E-state index in [4.69, 9.17) is 4.52 Å². The zero-order chi connectivity index (χ0) is 19.2. The highest BCUT2D eigenvalue weighted by Crippen LogP contribution is 2.21. The van der Waals surface area contributed by atoms with E-state index in [1.165, 1.54) is 0 Å². The van der Waals surface area contributed by atoms with Crippen molar-refractivity contribution in [2.75, 3.05) is 25.5 Å². The van der Waals surface area contributed by atoms with E-state index in [9.17, 15) is 4.79 Å². The molecule has 2 heterocycles. The van der Waals surface area contributed by atoms with Crippen LogP contribution >= 0.6 is 11.3 Å². The fourth-order valence-corrected chi connectivity index (χ4v) is 3.38. The van der Waals surface area contributed by atoms with Crippen LogP contribution in [-0.4, -0.2) is 41.6 Å². The maximum atomic E-state index is 12.6. The van der Waals surface area contributed by atoms with Crippen molar-refractivity contribution in [3.8, 4) is 10.7 Å². The van der Waals surface area contributed by atoms with Gasteiger partial charge in [0.15, 0.2) is 0 Å². The topological polar surface area (TPSA) is 62.5 Å². The van der Waals surface area contributed by atoms with E-state index in [0.29, 0.717) is 37.6 Å². The van der Waals surface area contributed by atoms with Crippen LogP contribution < -0.4 is 4.90 Å². The summed E-state index contributed by atoms with van der Waals surface area (Å²) in [6, 6.07) is 12.2. The Kier molecular flexibility index (Phi) is 6.24. The van der Waals surface area contributed by atoms with Gasteiger partial charge in [0, 0.05) is 45.7 Å². The molecular formula is C20H24N4O2S. The van der Waals surface area contributed by atoms with Gasteiger partial charge in [-0.15, -0.1) is 11.3 Å². The molecule has 2 aromatic heterocycles. The Morgan fingerprint density at radius 3 is 2.59 bits per heavy atom. The highest BCUT2D eigenvalue weighted by molar-refractivity contribution is 7.13. The summed E-state index contributed by atoms with van der Waals surface area (Å²) in [5.41, 5.74) is 2.26. The zero-order valence-electron chi connectivity index (χ0n) is 15.9. The van der Waals surface area contributed by atoms with Gasteiger partial charge < -0.3 is 14.3 Å². The van der Waals surface area contributed by atoms with Crippen molar-refractivity contribution in [2.45, 2.75) is 26.3 Å². The lowest BCUT2D eigenvalue weighted by molar-refractivity contribution is -0.131. The molecule has 6 nitrogen and oxygen atoms in total. The molecule has 3 rings (SSSR count). The molecule has 0 unspecified atom stereocenters. The fourth-order valence-electron chi connectivity index (χ4n) is 2.73. The minimum atomic E-state index is 0.0880. The SMILES string of the molecule is CCN(Cc1ccc(N(C)C)cc1)C(=O)CCc1nc(-c2cccs2)no1. The molecule has 0 saturated carbocycles. The molecule has 3 aromatic rings. The predicted molar refractivity (Wildman–Crippen MR) is 108 cm³/mol. The van der Waals surface area contributed by atoms with Gasteiger partial charge in [0.1, 0.15) is 0 Å². The second kappa shape index (κ2) is 8.81. The summed E-state index contributed by atoms with van der Waals surface area (Å²) in [5.74, 6) is 1.17. The minimum Gasteiger partial charge on any atom is -0.378 e. The average molecular weight is 385 g/mol. The Balaban J connectivity index is 1.55. The Morgan fingerprint density at radius 1 is 1.19 bits per heavy atom. The molecule has 7 heteroatoms. The van der Waals surface area contributed by atoms with Crippen molar-refractivity contribution in [1.82, 2.24) is 15.0 Å². The van der Waals surface area contributed by atoms with Crippen LogP contribution in [-0.2, 0) is 17.8 Å². The first-order chi connectivity index (χ1) is 13.1. The van der Waals surface area contributed by atoms with Crippen molar-refractivity contribution in [1.29, 1.82) is 0 Å². The second-order valence-electron chi connectivity index (χ2n) is 6.46. The van der Waals surface area contributed by atoms with E-state index in [-0.39, 0.29) is 5.91 Å². The standard InChI is InChI=1S/C20H24N4O2S/c1-4-24(14-15-7-9-16(10-8-15)23(2)3)19(25)12-11-18-21-20(22-26-18)17-6-5-13-27-17/h5-10,13H,4,11-12,14H2,1-3H3. The van der Waals surface area contributed by atoms with Crippen molar-refractivity contribution >= 4 is 22.9 Å². The van der Waals surface area contributed by atoms with Gasteiger partial charge in [-0.05, 0) is 36.1 Å². The maximum absolute atomic E-state index is 12.6. The van der Waals surface area contributed by atoms with E-state index in [1.807, 2.05) is 43.4 Å². The van der Waals surface area contributed by atoms with Crippen molar-refractivity contribution < 1.29 is 9.32 Å². The second-order valence-corrected chi connectivity index (χ2v) is 7.41. The number of aryl methyl sites for hydroxylation is 1. The van der Waals surface area contributed by atoms with Gasteiger partial charge in [-0.3, -0.25) is 4.79 Å². The van der Waals surface area contributed by atoms with Crippen LogP contribution in [0.2, 0.25) is 0 Å². The molecule has 0 fully saturated rings. The van der Waals surface area contributed by atoms with E-state index in [0.717, 1.165) is 16.1 Å². The van der Waals surface area contributed by atoms with Gasteiger partial charge in [-0.25, -0.2) is 0 Å². The molecule has 0 radical (unpaired) electrons. The molecule has 0 atom stereocenters. The van der Waals surface area contributed by atoms with E-state index in [2.05, 4.69) is 39.3 Å². The molecule has 0 aliphatic heterocycles. The van der Waals surface area contributed by atoms with Crippen molar-refractivity contribution in [3.63, 3.8) is 0 Å². The van der Waals surface area contributed by atoms with Gasteiger partial charge in [-0.2, -0.15) is 4.98 Å². The van der Waals surface area contributed by atoms with Gasteiger partial charge in [0.05, 0.1) is 4.88 Å². The largest absolute Gasteiger partial charge is 0.378 e. The molecule has 27 heavy (non-hydrogen) atoms. The summed E-state index contributed by atoms with van der Waals surface area (Å²) in [6.07, 6.45) is 0.809. The Bertz CT molecular complexity index is 857. The lowest BCUT2D eigenvalue weighted by Gasteiger charge is -2.21. The minimum absolute atomic E-state index is 0.0880. The van der Waals surface area contributed by atoms with Crippen LogP contribution in [0.25, 0.3) is 10.7 Å². The Labute approximate surface area is 163 Å². The Hall–Kier alpha value is -2.67. The smallest absolute Gasteiger partial charge is 0.227 e. The predicted octanol–water partition coefficient (Wildman–Crippen LogP) is 3.85. The summed E-state index contributed by atoms with van der Waals surface area (Å²) in [6.45, 7) is 3.26. The van der Waals surface area contributed by atoms with Gasteiger partial charge >= 0.3 is 0 Å². The molecule has 0 spiro atoms. The highest BCUT2D eigenvalue weighted by Gasteiger charge is 2.15. The number of aromatic nitrogens is 2. The normalized spacial score (nSPS) is 10.8. The molecule has 0 aliphatic rings. The van der Waals surface area contributed by atoms with Crippen molar-refractivity contribution in [3.05, 3.63) is 53.2 Å². The highest BCUT2D eigenvalue weighted by atomic mass is 32.1. The number of thiophene rings is 1. The molecule has 1 aromatic carbocycles. The van der Waals surface area contributed by atoms with E-state index >= 15 is 0 Å². The molecule has 0 N–H and O–H groups in total. The first-order valence-corrected chi connectivity index (χ1v) is 9.85. The molecule has 1 amide bonds. The number of amides is 1. The summed E-state index contributed by atoms with van der Waals surface area (Å²) in [4.78, 5) is 21.8. The van der Waals surface area contributed by atoms with Gasteiger partial charge in [0.2, 0.25) is 17.6 Å². The number of nitrogens with zero attached hydrogens (tertiary/aromatic N) is 4. The fraction of sp³-hybridized carbons (Fsp3) is 0.350. The lowest BCUT2D eigenvalue weighted by Crippen LogP contribution is -2.30. The van der Waals surface area contributed by atoms with Crippen LogP contribution in [0, 0.1) is 0 Å². The zero-order valence-corrected chi connectivity index (χ0v) is 16.7. The molecule has 0 aliphatic carbocycles. The van der Waals surface area contributed by atoms with Crippen LogP contribution in [0.15, 0.2) is 46.3 Å². The number of carbonyl (C=O) groups excluding carboxylic acids is 1. The quantitative estimate of drug-likeness (QED) is 0.590. The number of anilines is 1. The summed E-state index contributed by atoms with van der Waals surface area (Å²) < 4.78 is 5.28. The number of benzene rings is 1. The number of hydrogen-bond acceptors (Lipinski definition) is 6. The number of rotatable bonds is 8. The summed E-state index contributed by atoms with van der Waals surface area (Å²) in [5, 5.41) is 5.96. The molecular weight excluding hydrogens is 360 g/mol. The molecule has 142 valence electrons. The maximum Gasteiger partial charge on any atom is 0.227 e.